The molecule has 0 amide bonds. The maximum absolute atomic E-state index is 13.3. The average molecular weight is 237 g/mol. The topological polar surface area (TPSA) is 72.6 Å². The Bertz CT molecular complexity index is 564. The Balaban J connectivity index is 2.25. The van der Waals surface area contributed by atoms with Crippen LogP contribution >= 0.6 is 0 Å². The van der Waals surface area contributed by atoms with Gasteiger partial charge >= 0.3 is 12.0 Å². The van der Waals surface area contributed by atoms with Crippen molar-refractivity contribution in [3.8, 4) is 11.8 Å². The lowest BCUT2D eigenvalue weighted by Gasteiger charge is -2.02. The number of nitrogens with zero attached hydrogens (tertiary/aromatic N) is 1. The van der Waals surface area contributed by atoms with E-state index in [1.807, 2.05) is 0 Å². The number of benzene rings is 1. The molecule has 0 fully saturated rings. The number of carboxylic acids is 1. The van der Waals surface area contributed by atoms with E-state index < -0.39 is 11.8 Å². The van der Waals surface area contributed by atoms with Crippen LogP contribution in [0.25, 0.3) is 0 Å². The first-order valence-electron chi connectivity index (χ1n) is 4.69. The van der Waals surface area contributed by atoms with Gasteiger partial charge < -0.3 is 14.3 Å². The molecule has 0 bridgehead atoms. The molecule has 2 aromatic rings. The molecule has 0 aliphatic rings. The van der Waals surface area contributed by atoms with E-state index in [4.69, 9.17) is 14.3 Å². The van der Waals surface area contributed by atoms with Crippen molar-refractivity contribution in [3.63, 3.8) is 0 Å². The predicted octanol–water partition coefficient (Wildman–Crippen LogP) is 2.61. The fraction of sp³-hybridized carbons (Fsp3) is 0.0909. The van der Waals surface area contributed by atoms with Crippen LogP contribution in [-0.4, -0.2) is 16.1 Å². The number of aromatic nitrogens is 1. The maximum atomic E-state index is 13.3. The summed E-state index contributed by atoms with van der Waals surface area (Å²) in [4.78, 5) is 14.1. The summed E-state index contributed by atoms with van der Waals surface area (Å²) >= 11 is 0. The van der Waals surface area contributed by atoms with Crippen LogP contribution in [-0.2, 0) is 0 Å². The average Bonchev–Trinajstić information content (AvgIpc) is 2.72. The first-order chi connectivity index (χ1) is 8.06. The van der Waals surface area contributed by atoms with Gasteiger partial charge in [0.15, 0.2) is 17.3 Å². The van der Waals surface area contributed by atoms with Gasteiger partial charge in [-0.3, -0.25) is 0 Å². The zero-order chi connectivity index (χ0) is 12.4. The van der Waals surface area contributed by atoms with Crippen molar-refractivity contribution in [2.24, 2.45) is 0 Å². The highest BCUT2D eigenvalue weighted by atomic mass is 19.1. The van der Waals surface area contributed by atoms with Crippen LogP contribution in [0.5, 0.6) is 11.8 Å². The second-order valence-electron chi connectivity index (χ2n) is 3.34. The smallest absolute Gasteiger partial charge is 0.400 e. The van der Waals surface area contributed by atoms with Crippen LogP contribution < -0.4 is 4.74 Å². The van der Waals surface area contributed by atoms with Gasteiger partial charge in [0.25, 0.3) is 0 Å². The molecule has 0 spiro atoms. The van der Waals surface area contributed by atoms with Crippen LogP contribution in [0.1, 0.15) is 16.1 Å². The fourth-order valence-electron chi connectivity index (χ4n) is 1.19. The maximum Gasteiger partial charge on any atom is 0.400 e. The van der Waals surface area contributed by atoms with Crippen molar-refractivity contribution in [1.82, 2.24) is 4.98 Å². The number of carbonyl (C=O) groups is 1. The standard InChI is InChI=1S/C11H8FNO4/c1-6-2-3-7(12)9(4-6)17-11-13-8(5-16-11)10(14)15/h2-5H,1H3,(H,14,15). The SMILES string of the molecule is Cc1ccc(F)c(Oc2nc(C(=O)O)co2)c1. The molecule has 88 valence electrons. The lowest BCUT2D eigenvalue weighted by Crippen LogP contribution is -1.96. The van der Waals surface area contributed by atoms with Crippen molar-refractivity contribution in [1.29, 1.82) is 0 Å². The third-order valence-corrected chi connectivity index (χ3v) is 1.99. The fourth-order valence-corrected chi connectivity index (χ4v) is 1.19. The van der Waals surface area contributed by atoms with Gasteiger partial charge in [0.1, 0.15) is 6.26 Å². The van der Waals surface area contributed by atoms with Crippen molar-refractivity contribution in [3.05, 3.63) is 41.5 Å². The Kier molecular flexibility index (Phi) is 2.78. The largest absolute Gasteiger partial charge is 0.476 e. The van der Waals surface area contributed by atoms with Gasteiger partial charge in [0.05, 0.1) is 0 Å². The van der Waals surface area contributed by atoms with E-state index in [1.54, 1.807) is 13.0 Å². The summed E-state index contributed by atoms with van der Waals surface area (Å²) in [5.41, 5.74) is 0.500. The van der Waals surface area contributed by atoms with E-state index in [-0.39, 0.29) is 17.5 Å². The summed E-state index contributed by atoms with van der Waals surface area (Å²) in [6.07, 6.45) is 0.609. The van der Waals surface area contributed by atoms with Gasteiger partial charge in [-0.1, -0.05) is 6.07 Å². The number of ether oxygens (including phenoxy) is 1. The van der Waals surface area contributed by atoms with Crippen molar-refractivity contribution in [2.45, 2.75) is 6.92 Å². The van der Waals surface area contributed by atoms with Crippen LogP contribution in [0.2, 0.25) is 0 Å². The van der Waals surface area contributed by atoms with E-state index in [1.165, 1.54) is 12.1 Å². The molecule has 0 saturated heterocycles. The molecule has 0 aliphatic carbocycles. The Labute approximate surface area is 95.5 Å². The summed E-state index contributed by atoms with van der Waals surface area (Å²) in [7, 11) is 0. The highest BCUT2D eigenvalue weighted by molar-refractivity contribution is 5.84. The molecule has 1 aromatic carbocycles. The minimum absolute atomic E-state index is 0.0659. The van der Waals surface area contributed by atoms with Gasteiger partial charge in [-0.25, -0.2) is 9.18 Å². The van der Waals surface area contributed by atoms with Gasteiger partial charge in [0, 0.05) is 0 Å². The first kappa shape index (κ1) is 11.1. The third kappa shape index (κ3) is 2.41. The van der Waals surface area contributed by atoms with Crippen LogP contribution in [0.4, 0.5) is 4.39 Å². The van der Waals surface area contributed by atoms with E-state index >= 15 is 0 Å². The highest BCUT2D eigenvalue weighted by Crippen LogP contribution is 2.24. The number of hydrogen-bond donors (Lipinski definition) is 1. The molecule has 6 heteroatoms. The van der Waals surface area contributed by atoms with E-state index in [2.05, 4.69) is 4.98 Å². The monoisotopic (exact) mass is 237 g/mol. The molecule has 0 radical (unpaired) electrons. The predicted molar refractivity (Wildman–Crippen MR) is 54.7 cm³/mol. The zero-order valence-electron chi connectivity index (χ0n) is 8.81. The number of aromatic carboxylic acids is 1. The highest BCUT2D eigenvalue weighted by Gasteiger charge is 2.13. The number of aryl methyl sites for hydroxylation is 1. The molecule has 1 N–H and O–H groups in total. The molecule has 5 nitrogen and oxygen atoms in total. The Morgan fingerprint density at radius 1 is 1.53 bits per heavy atom. The zero-order valence-corrected chi connectivity index (χ0v) is 8.81. The summed E-state index contributed by atoms with van der Waals surface area (Å²) in [5.74, 6) is -1.89. The molecule has 17 heavy (non-hydrogen) atoms. The Morgan fingerprint density at radius 2 is 2.29 bits per heavy atom. The van der Waals surface area contributed by atoms with Gasteiger partial charge in [0.2, 0.25) is 0 Å². The first-order valence-corrected chi connectivity index (χ1v) is 4.69. The second kappa shape index (κ2) is 4.25. The molecular formula is C11H8FNO4. The van der Waals surface area contributed by atoms with Gasteiger partial charge in [-0.15, -0.1) is 0 Å². The summed E-state index contributed by atoms with van der Waals surface area (Å²) in [6.45, 7) is 1.77. The molecule has 0 unspecified atom stereocenters. The minimum atomic E-state index is -1.24. The van der Waals surface area contributed by atoms with Crippen LogP contribution in [0, 0.1) is 12.7 Å². The van der Waals surface area contributed by atoms with Crippen LogP contribution in [0.15, 0.2) is 28.9 Å². The Morgan fingerprint density at radius 3 is 2.94 bits per heavy atom. The molecule has 1 heterocycles. The molecule has 2 rings (SSSR count). The number of halogens is 1. The number of oxazole rings is 1. The van der Waals surface area contributed by atoms with Crippen molar-refractivity contribution >= 4 is 5.97 Å². The van der Waals surface area contributed by atoms with Crippen LogP contribution in [0.3, 0.4) is 0 Å². The molecular weight excluding hydrogens is 229 g/mol. The minimum Gasteiger partial charge on any atom is -0.476 e. The van der Waals surface area contributed by atoms with E-state index in [0.29, 0.717) is 0 Å². The normalized spacial score (nSPS) is 10.2. The Hall–Kier alpha value is -2.37. The lowest BCUT2D eigenvalue weighted by molar-refractivity contribution is 0.0690. The summed E-state index contributed by atoms with van der Waals surface area (Å²) < 4.78 is 23.1. The van der Waals surface area contributed by atoms with Gasteiger partial charge in [-0.05, 0) is 24.6 Å². The number of carboxylic acid groups (broad SMARTS) is 1. The molecule has 0 saturated carbocycles. The third-order valence-electron chi connectivity index (χ3n) is 1.99. The molecule has 1 aromatic heterocycles. The molecule has 0 aliphatic heterocycles. The summed E-state index contributed by atoms with van der Waals surface area (Å²) in [5, 5.41) is 8.61. The lowest BCUT2D eigenvalue weighted by atomic mass is 10.2. The molecule has 0 atom stereocenters. The van der Waals surface area contributed by atoms with Crippen molar-refractivity contribution < 1.29 is 23.4 Å². The van der Waals surface area contributed by atoms with Gasteiger partial charge in [-0.2, -0.15) is 4.98 Å². The van der Waals surface area contributed by atoms with E-state index in [9.17, 15) is 9.18 Å². The summed E-state index contributed by atoms with van der Waals surface area (Å²) in [6, 6.07) is 4.28. The number of hydrogen-bond acceptors (Lipinski definition) is 4. The second-order valence-corrected chi connectivity index (χ2v) is 3.34. The quantitative estimate of drug-likeness (QED) is 0.888. The van der Waals surface area contributed by atoms with E-state index in [0.717, 1.165) is 11.8 Å². The number of rotatable bonds is 3. The van der Waals surface area contributed by atoms with Crippen molar-refractivity contribution in [2.75, 3.05) is 0 Å².